The minimum absolute atomic E-state index is 0.0582. The summed E-state index contributed by atoms with van der Waals surface area (Å²) in [6.45, 7) is 8.68. The lowest BCUT2D eigenvalue weighted by Crippen LogP contribution is -2.47. The number of carbonyl (C=O) groups is 1. The smallest absolute Gasteiger partial charge is 0.407 e. The first kappa shape index (κ1) is 27.3. The molecule has 2 unspecified atom stereocenters. The van der Waals surface area contributed by atoms with E-state index in [1.165, 1.54) is 4.90 Å². The topological polar surface area (TPSA) is 146 Å². The van der Waals surface area contributed by atoms with Crippen LogP contribution in [0.15, 0.2) is 28.8 Å². The highest BCUT2D eigenvalue weighted by molar-refractivity contribution is 5.74. The van der Waals surface area contributed by atoms with E-state index < -0.39 is 12.2 Å². The number of nitrogens with zero attached hydrogens (tertiary/aromatic N) is 4. The van der Waals surface area contributed by atoms with Crippen LogP contribution in [0.2, 0.25) is 0 Å². The van der Waals surface area contributed by atoms with Gasteiger partial charge in [-0.25, -0.2) is 14.8 Å². The summed E-state index contributed by atoms with van der Waals surface area (Å²) >= 11 is 0. The molecular weight excluding hydrogens is 488 g/mol. The first-order valence-corrected chi connectivity index (χ1v) is 12.8. The number of rotatable bonds is 9. The van der Waals surface area contributed by atoms with Crippen molar-refractivity contribution in [3.63, 3.8) is 0 Å². The van der Waals surface area contributed by atoms with Crippen LogP contribution in [-0.2, 0) is 0 Å². The summed E-state index contributed by atoms with van der Waals surface area (Å²) in [6, 6.07) is 7.42. The van der Waals surface area contributed by atoms with Gasteiger partial charge in [-0.3, -0.25) is 0 Å². The number of carboxylic acid groups (broad SMARTS) is 1. The van der Waals surface area contributed by atoms with Crippen LogP contribution in [-0.4, -0.2) is 81.3 Å². The van der Waals surface area contributed by atoms with E-state index in [2.05, 4.69) is 15.8 Å². The number of amides is 1. The monoisotopic (exact) mass is 524 g/mol. The number of likely N-dealkylation sites (N-methyl/N-ethyl adjacent to an activating group) is 1. The van der Waals surface area contributed by atoms with Gasteiger partial charge in [0.1, 0.15) is 30.0 Å². The number of aromatic nitrogens is 3. The van der Waals surface area contributed by atoms with E-state index in [9.17, 15) is 15.0 Å². The van der Waals surface area contributed by atoms with Gasteiger partial charge in [-0.15, -0.1) is 0 Å². The van der Waals surface area contributed by atoms with Crippen molar-refractivity contribution in [1.29, 1.82) is 0 Å². The Kier molecular flexibility index (Phi) is 8.48. The normalized spacial score (nSPS) is 18.3. The molecule has 2 aromatic heterocycles. The Hall–Kier alpha value is -3.70. The Morgan fingerprint density at radius 2 is 2.08 bits per heavy atom. The summed E-state index contributed by atoms with van der Waals surface area (Å²) in [6.07, 6.45) is -0.174. The number of anilines is 1. The number of aryl methyl sites for hydroxylation is 2. The lowest BCUT2D eigenvalue weighted by Gasteiger charge is -2.36. The van der Waals surface area contributed by atoms with Crippen LogP contribution in [0, 0.1) is 20.8 Å². The lowest BCUT2D eigenvalue weighted by molar-refractivity contribution is 0.108. The number of benzene rings is 1. The fourth-order valence-electron chi connectivity index (χ4n) is 4.84. The Balaban J connectivity index is 1.69. The Morgan fingerprint density at radius 3 is 2.74 bits per heavy atom. The van der Waals surface area contributed by atoms with Gasteiger partial charge in [0, 0.05) is 36.3 Å². The third-order valence-electron chi connectivity index (χ3n) is 6.85. The van der Waals surface area contributed by atoms with Crippen LogP contribution in [0.25, 0.3) is 22.6 Å². The average molecular weight is 525 g/mol. The zero-order valence-electron chi connectivity index (χ0n) is 22.5. The SMILES string of the molecule is CNC[C@H](O)COc1cccc(-c2nc(NC3CCN(C(=O)O)C(C)C3)c(C)c(-c3c(C)noc3C)n2)c1. The molecule has 1 aromatic carbocycles. The predicted octanol–water partition coefficient (Wildman–Crippen LogP) is 3.63. The molecule has 1 aliphatic rings. The van der Waals surface area contributed by atoms with Crippen molar-refractivity contribution in [3.05, 3.63) is 41.3 Å². The Morgan fingerprint density at radius 1 is 1.29 bits per heavy atom. The van der Waals surface area contributed by atoms with Crippen molar-refractivity contribution in [3.8, 4) is 28.4 Å². The predicted molar refractivity (Wildman–Crippen MR) is 143 cm³/mol. The molecule has 0 bridgehead atoms. The molecule has 4 N–H and O–H groups in total. The maximum Gasteiger partial charge on any atom is 0.407 e. The summed E-state index contributed by atoms with van der Waals surface area (Å²) in [5.41, 5.74) is 3.90. The van der Waals surface area contributed by atoms with Crippen LogP contribution in [0.5, 0.6) is 5.75 Å². The molecule has 1 amide bonds. The Bertz CT molecular complexity index is 1260. The molecule has 3 heterocycles. The largest absolute Gasteiger partial charge is 0.491 e. The number of hydrogen-bond acceptors (Lipinski definition) is 9. The second-order valence-electron chi connectivity index (χ2n) is 9.81. The molecule has 4 rings (SSSR count). The van der Waals surface area contributed by atoms with Gasteiger partial charge in [0.05, 0.1) is 17.0 Å². The lowest BCUT2D eigenvalue weighted by atomic mass is 9.98. The first-order chi connectivity index (χ1) is 18.2. The Labute approximate surface area is 222 Å². The molecule has 3 atom stereocenters. The first-order valence-electron chi connectivity index (χ1n) is 12.8. The van der Waals surface area contributed by atoms with Crippen molar-refractivity contribution >= 4 is 11.9 Å². The molecule has 3 aromatic rings. The van der Waals surface area contributed by atoms with Gasteiger partial charge >= 0.3 is 6.09 Å². The van der Waals surface area contributed by atoms with Gasteiger partial charge in [-0.1, -0.05) is 17.3 Å². The second-order valence-corrected chi connectivity index (χ2v) is 9.81. The van der Waals surface area contributed by atoms with Gasteiger partial charge in [0.25, 0.3) is 0 Å². The number of piperidine rings is 1. The minimum atomic E-state index is -0.891. The van der Waals surface area contributed by atoms with Crippen LogP contribution in [0.1, 0.15) is 36.8 Å². The maximum atomic E-state index is 11.5. The highest BCUT2D eigenvalue weighted by atomic mass is 16.5. The molecule has 38 heavy (non-hydrogen) atoms. The molecule has 1 saturated heterocycles. The summed E-state index contributed by atoms with van der Waals surface area (Å²) in [4.78, 5) is 22.8. The van der Waals surface area contributed by atoms with E-state index in [1.54, 1.807) is 7.05 Å². The van der Waals surface area contributed by atoms with Crippen molar-refractivity contribution < 1.29 is 24.3 Å². The van der Waals surface area contributed by atoms with Crippen LogP contribution in [0.4, 0.5) is 10.6 Å². The molecule has 11 heteroatoms. The van der Waals surface area contributed by atoms with Crippen molar-refractivity contribution in [2.24, 2.45) is 0 Å². The zero-order chi connectivity index (χ0) is 27.4. The number of aliphatic hydroxyl groups excluding tert-OH is 1. The van der Waals surface area contributed by atoms with Gasteiger partial charge in [-0.2, -0.15) is 0 Å². The second kappa shape index (κ2) is 11.8. The fourth-order valence-corrected chi connectivity index (χ4v) is 4.84. The summed E-state index contributed by atoms with van der Waals surface area (Å²) in [5.74, 6) is 2.46. The number of nitrogens with one attached hydrogen (secondary N) is 2. The van der Waals surface area contributed by atoms with E-state index in [0.29, 0.717) is 49.1 Å². The molecular formula is C27H36N6O5. The molecule has 0 spiro atoms. The standard InChI is InChI=1S/C27H36N6O5/c1-15-11-20(9-10-33(15)27(35)36)29-25-16(2)24(23-17(3)32-38-18(23)4)30-26(31-25)19-7-6-8-22(12-19)37-14-21(34)13-28-5/h6-8,12,15,20-21,28,34H,9-11,13-14H2,1-5H3,(H,35,36)(H,29,30,31)/t15?,20?,21-/m0/s1. The third kappa shape index (κ3) is 6.05. The van der Waals surface area contributed by atoms with Crippen molar-refractivity contribution in [1.82, 2.24) is 25.3 Å². The van der Waals surface area contributed by atoms with E-state index >= 15 is 0 Å². The van der Waals surface area contributed by atoms with Crippen LogP contribution < -0.4 is 15.4 Å². The van der Waals surface area contributed by atoms with E-state index in [1.807, 2.05) is 52.0 Å². The molecule has 0 radical (unpaired) electrons. The van der Waals surface area contributed by atoms with Gasteiger partial charge in [-0.05, 0) is 59.7 Å². The van der Waals surface area contributed by atoms with E-state index in [-0.39, 0.29) is 18.7 Å². The summed E-state index contributed by atoms with van der Waals surface area (Å²) in [7, 11) is 1.77. The molecule has 1 aliphatic heterocycles. The third-order valence-corrected chi connectivity index (χ3v) is 6.85. The number of ether oxygens (including phenoxy) is 1. The highest BCUT2D eigenvalue weighted by Crippen LogP contribution is 2.34. The van der Waals surface area contributed by atoms with Crippen molar-refractivity contribution in [2.45, 2.75) is 58.7 Å². The van der Waals surface area contributed by atoms with Crippen molar-refractivity contribution in [2.75, 3.05) is 32.1 Å². The zero-order valence-corrected chi connectivity index (χ0v) is 22.5. The van der Waals surface area contributed by atoms with E-state index in [4.69, 9.17) is 19.2 Å². The highest BCUT2D eigenvalue weighted by Gasteiger charge is 2.30. The maximum absolute atomic E-state index is 11.5. The minimum Gasteiger partial charge on any atom is -0.491 e. The van der Waals surface area contributed by atoms with Crippen LogP contribution in [0.3, 0.4) is 0 Å². The number of likely N-dealkylation sites (tertiary alicyclic amines) is 1. The van der Waals surface area contributed by atoms with Crippen LogP contribution >= 0.6 is 0 Å². The molecule has 1 fully saturated rings. The average Bonchev–Trinajstić information content (AvgIpc) is 3.21. The van der Waals surface area contributed by atoms with Gasteiger partial charge < -0.3 is 35.0 Å². The summed E-state index contributed by atoms with van der Waals surface area (Å²) in [5, 5.41) is 30.1. The quantitative estimate of drug-likeness (QED) is 0.327. The molecule has 0 aliphatic carbocycles. The molecule has 11 nitrogen and oxygen atoms in total. The molecule has 204 valence electrons. The summed E-state index contributed by atoms with van der Waals surface area (Å²) < 4.78 is 11.2. The number of hydrogen-bond donors (Lipinski definition) is 4. The number of aliphatic hydroxyl groups is 1. The van der Waals surface area contributed by atoms with Gasteiger partial charge in [0.2, 0.25) is 0 Å². The molecule has 0 saturated carbocycles. The van der Waals surface area contributed by atoms with Gasteiger partial charge in [0.15, 0.2) is 5.82 Å². The fraction of sp³-hybridized carbons (Fsp3) is 0.481. The van der Waals surface area contributed by atoms with E-state index in [0.717, 1.165) is 28.1 Å².